The van der Waals surface area contributed by atoms with E-state index in [0.717, 1.165) is 18.7 Å². The second-order valence-electron chi connectivity index (χ2n) is 4.15. The van der Waals surface area contributed by atoms with Crippen LogP contribution in [0.5, 0.6) is 0 Å². The van der Waals surface area contributed by atoms with E-state index in [9.17, 15) is 0 Å². The minimum atomic E-state index is 0.441. The van der Waals surface area contributed by atoms with Gasteiger partial charge in [-0.25, -0.2) is 9.97 Å². The lowest BCUT2D eigenvalue weighted by Crippen LogP contribution is -2.16. The molecule has 0 spiro atoms. The Hall–Kier alpha value is -1.12. The van der Waals surface area contributed by atoms with Gasteiger partial charge in [0.1, 0.15) is 12.1 Å². The predicted octanol–water partition coefficient (Wildman–Crippen LogP) is 2.18. The molecule has 0 aliphatic heterocycles. The normalized spacial score (nSPS) is 15.4. The van der Waals surface area contributed by atoms with Crippen LogP contribution in [0.3, 0.4) is 0 Å². The number of nitrogens with one attached hydrogen (secondary N) is 1. The molecule has 1 aromatic heterocycles. The van der Waals surface area contributed by atoms with Crippen LogP contribution >= 0.6 is 0 Å². The fraction of sp³-hybridized carbons (Fsp3) is 0.636. The van der Waals surface area contributed by atoms with Crippen LogP contribution in [-0.2, 0) is 12.8 Å². The Bertz CT molecular complexity index is 320. The SMILES string of the molecule is CC(C)Nc1ncnc2c1CCCC2. The highest BCUT2D eigenvalue weighted by Crippen LogP contribution is 2.24. The number of fused-ring (bicyclic) bond motifs is 1. The summed E-state index contributed by atoms with van der Waals surface area (Å²) < 4.78 is 0. The van der Waals surface area contributed by atoms with Crippen LogP contribution in [0.4, 0.5) is 5.82 Å². The third kappa shape index (κ3) is 1.86. The molecule has 1 aliphatic rings. The minimum absolute atomic E-state index is 0.441. The number of hydrogen-bond donors (Lipinski definition) is 1. The van der Waals surface area contributed by atoms with Crippen molar-refractivity contribution < 1.29 is 0 Å². The van der Waals surface area contributed by atoms with Crippen molar-refractivity contribution in [3.05, 3.63) is 17.6 Å². The average Bonchev–Trinajstić information content (AvgIpc) is 2.18. The fourth-order valence-corrected chi connectivity index (χ4v) is 1.92. The Labute approximate surface area is 85.0 Å². The van der Waals surface area contributed by atoms with Crippen LogP contribution < -0.4 is 5.32 Å². The third-order valence-corrected chi connectivity index (χ3v) is 2.55. The standard InChI is InChI=1S/C11H17N3/c1-8(2)14-11-9-5-3-4-6-10(9)12-7-13-11/h7-8H,3-6H2,1-2H3,(H,12,13,14). The molecule has 76 valence electrons. The van der Waals surface area contributed by atoms with Gasteiger partial charge < -0.3 is 5.32 Å². The number of hydrogen-bond acceptors (Lipinski definition) is 3. The molecule has 0 fully saturated rings. The molecule has 1 N–H and O–H groups in total. The zero-order chi connectivity index (χ0) is 9.97. The second kappa shape index (κ2) is 3.95. The van der Waals surface area contributed by atoms with E-state index in [1.54, 1.807) is 6.33 Å². The Morgan fingerprint density at radius 3 is 2.79 bits per heavy atom. The number of rotatable bonds is 2. The Morgan fingerprint density at radius 1 is 1.21 bits per heavy atom. The van der Waals surface area contributed by atoms with Gasteiger partial charge in [-0.05, 0) is 39.5 Å². The zero-order valence-electron chi connectivity index (χ0n) is 8.88. The molecular weight excluding hydrogens is 174 g/mol. The number of aromatic nitrogens is 2. The molecule has 0 unspecified atom stereocenters. The molecule has 3 nitrogen and oxygen atoms in total. The minimum Gasteiger partial charge on any atom is -0.368 e. The molecule has 1 aromatic rings. The van der Waals surface area contributed by atoms with E-state index in [4.69, 9.17) is 0 Å². The van der Waals surface area contributed by atoms with Crippen LogP contribution in [0.25, 0.3) is 0 Å². The molecule has 0 saturated heterocycles. The first kappa shape index (κ1) is 9.44. The van der Waals surface area contributed by atoms with E-state index < -0.39 is 0 Å². The highest BCUT2D eigenvalue weighted by Gasteiger charge is 2.15. The molecule has 2 rings (SSSR count). The summed E-state index contributed by atoms with van der Waals surface area (Å²) in [5, 5.41) is 3.38. The van der Waals surface area contributed by atoms with Crippen molar-refractivity contribution in [1.82, 2.24) is 9.97 Å². The van der Waals surface area contributed by atoms with Crippen LogP contribution in [0.15, 0.2) is 6.33 Å². The summed E-state index contributed by atoms with van der Waals surface area (Å²) >= 11 is 0. The second-order valence-corrected chi connectivity index (χ2v) is 4.15. The van der Waals surface area contributed by atoms with Gasteiger partial charge in [-0.1, -0.05) is 0 Å². The van der Waals surface area contributed by atoms with Gasteiger partial charge in [0.15, 0.2) is 0 Å². The van der Waals surface area contributed by atoms with Gasteiger partial charge in [-0.3, -0.25) is 0 Å². The van der Waals surface area contributed by atoms with Gasteiger partial charge in [0.25, 0.3) is 0 Å². The molecule has 0 amide bonds. The lowest BCUT2D eigenvalue weighted by molar-refractivity contribution is 0.661. The predicted molar refractivity (Wildman–Crippen MR) is 57.4 cm³/mol. The summed E-state index contributed by atoms with van der Waals surface area (Å²) in [5.74, 6) is 1.05. The van der Waals surface area contributed by atoms with E-state index in [1.165, 1.54) is 24.1 Å². The molecule has 0 atom stereocenters. The van der Waals surface area contributed by atoms with Crippen LogP contribution in [0.1, 0.15) is 37.9 Å². The molecule has 1 aliphatic carbocycles. The van der Waals surface area contributed by atoms with Crippen molar-refractivity contribution in [2.75, 3.05) is 5.32 Å². The number of anilines is 1. The fourth-order valence-electron chi connectivity index (χ4n) is 1.92. The zero-order valence-corrected chi connectivity index (χ0v) is 8.88. The van der Waals surface area contributed by atoms with E-state index in [2.05, 4.69) is 29.1 Å². The van der Waals surface area contributed by atoms with Crippen LogP contribution in [0, 0.1) is 0 Å². The monoisotopic (exact) mass is 191 g/mol. The topological polar surface area (TPSA) is 37.8 Å². The summed E-state index contributed by atoms with van der Waals surface area (Å²) in [6.45, 7) is 4.27. The molecule has 14 heavy (non-hydrogen) atoms. The van der Waals surface area contributed by atoms with Gasteiger partial charge in [0.2, 0.25) is 0 Å². The van der Waals surface area contributed by atoms with Crippen molar-refractivity contribution in [3.63, 3.8) is 0 Å². The van der Waals surface area contributed by atoms with Crippen molar-refractivity contribution in [2.45, 2.75) is 45.6 Å². The highest BCUT2D eigenvalue weighted by molar-refractivity contribution is 5.47. The summed E-state index contributed by atoms with van der Waals surface area (Å²) in [6, 6.07) is 0.441. The number of nitrogens with zero attached hydrogens (tertiary/aromatic N) is 2. The first-order valence-electron chi connectivity index (χ1n) is 5.36. The first-order valence-corrected chi connectivity index (χ1v) is 5.36. The van der Waals surface area contributed by atoms with Gasteiger partial charge in [0.05, 0.1) is 0 Å². The maximum absolute atomic E-state index is 4.34. The molecule has 0 aromatic carbocycles. The third-order valence-electron chi connectivity index (χ3n) is 2.55. The molecule has 3 heteroatoms. The van der Waals surface area contributed by atoms with Gasteiger partial charge in [-0.15, -0.1) is 0 Å². The van der Waals surface area contributed by atoms with Gasteiger partial charge in [0, 0.05) is 17.3 Å². The molecule has 0 bridgehead atoms. The van der Waals surface area contributed by atoms with E-state index in [0.29, 0.717) is 6.04 Å². The quantitative estimate of drug-likeness (QED) is 0.778. The average molecular weight is 191 g/mol. The van der Waals surface area contributed by atoms with E-state index >= 15 is 0 Å². The Kier molecular flexibility index (Phi) is 2.66. The van der Waals surface area contributed by atoms with Gasteiger partial charge in [-0.2, -0.15) is 0 Å². The summed E-state index contributed by atoms with van der Waals surface area (Å²) in [6.07, 6.45) is 6.46. The summed E-state index contributed by atoms with van der Waals surface area (Å²) in [7, 11) is 0. The van der Waals surface area contributed by atoms with Crippen molar-refractivity contribution in [3.8, 4) is 0 Å². The van der Waals surface area contributed by atoms with Crippen LogP contribution in [-0.4, -0.2) is 16.0 Å². The molecule has 0 radical (unpaired) electrons. The smallest absolute Gasteiger partial charge is 0.133 e. The highest BCUT2D eigenvalue weighted by atomic mass is 15.0. The summed E-state index contributed by atoms with van der Waals surface area (Å²) in [4.78, 5) is 8.65. The van der Waals surface area contributed by atoms with E-state index in [-0.39, 0.29) is 0 Å². The maximum Gasteiger partial charge on any atom is 0.133 e. The first-order chi connectivity index (χ1) is 6.77. The van der Waals surface area contributed by atoms with Crippen molar-refractivity contribution >= 4 is 5.82 Å². The molecular formula is C11H17N3. The molecule has 0 saturated carbocycles. The molecule has 1 heterocycles. The van der Waals surface area contributed by atoms with E-state index in [1.807, 2.05) is 0 Å². The Balaban J connectivity index is 2.30. The summed E-state index contributed by atoms with van der Waals surface area (Å²) in [5.41, 5.74) is 2.59. The Morgan fingerprint density at radius 2 is 2.00 bits per heavy atom. The maximum atomic E-state index is 4.34. The van der Waals surface area contributed by atoms with Gasteiger partial charge >= 0.3 is 0 Å². The lowest BCUT2D eigenvalue weighted by atomic mass is 9.96. The van der Waals surface area contributed by atoms with Crippen LogP contribution in [0.2, 0.25) is 0 Å². The lowest BCUT2D eigenvalue weighted by Gasteiger charge is -2.19. The number of aryl methyl sites for hydroxylation is 1. The largest absolute Gasteiger partial charge is 0.368 e. The van der Waals surface area contributed by atoms with Crippen molar-refractivity contribution in [1.29, 1.82) is 0 Å². The van der Waals surface area contributed by atoms with Crippen molar-refractivity contribution in [2.24, 2.45) is 0 Å².